The van der Waals surface area contributed by atoms with Gasteiger partial charge in [-0.05, 0) is 32.1 Å². The number of Topliss-reactive ketones (excluding diaryl/α,β-unsaturated/α-hetero) is 1. The molecule has 2 saturated heterocycles. The summed E-state index contributed by atoms with van der Waals surface area (Å²) in [5.41, 5.74) is 5.62. The number of nitrogens with zero attached hydrogens (tertiary/aromatic N) is 8. The van der Waals surface area contributed by atoms with Gasteiger partial charge in [-0.1, -0.05) is 12.8 Å². The van der Waals surface area contributed by atoms with E-state index < -0.39 is 59.8 Å². The number of carboxylic acid groups (broad SMARTS) is 7. The van der Waals surface area contributed by atoms with E-state index >= 15 is 0 Å². The minimum Gasteiger partial charge on any atom is -0.480 e. The van der Waals surface area contributed by atoms with Crippen molar-refractivity contribution >= 4 is 59.4 Å². The van der Waals surface area contributed by atoms with Gasteiger partial charge in [-0.15, -0.1) is 0 Å². The van der Waals surface area contributed by atoms with Gasteiger partial charge in [0.1, 0.15) is 6.04 Å². The third kappa shape index (κ3) is 31.0. The second kappa shape index (κ2) is 35.7. The van der Waals surface area contributed by atoms with Crippen molar-refractivity contribution in [2.24, 2.45) is 5.73 Å². The van der Waals surface area contributed by atoms with Crippen molar-refractivity contribution in [1.29, 1.82) is 0 Å². The highest BCUT2D eigenvalue weighted by Crippen LogP contribution is 2.11. The minimum atomic E-state index is -1.13. The molecule has 2 aliphatic rings. The predicted octanol–water partition coefficient (Wildman–Crippen LogP) is -4.36. The molecular weight excluding hydrogens is 967 g/mol. The normalized spacial score (nSPS) is 18.6. The molecule has 0 aromatic heterocycles. The molecule has 2 unspecified atom stereocenters. The number of carbonyl (C=O) groups excluding carboxylic acids is 3. The number of aliphatic carboxylic acids is 7. The van der Waals surface area contributed by atoms with Crippen LogP contribution in [0.4, 0.5) is 0 Å². The predicted molar refractivity (Wildman–Crippen MR) is 260 cm³/mol. The summed E-state index contributed by atoms with van der Waals surface area (Å²) in [7, 11) is 0. The lowest BCUT2D eigenvalue weighted by molar-refractivity contribution is -0.140. The molecule has 2 aliphatic heterocycles. The van der Waals surface area contributed by atoms with Crippen molar-refractivity contribution in [3.63, 3.8) is 0 Å². The van der Waals surface area contributed by atoms with Crippen molar-refractivity contribution in [2.75, 3.05) is 164 Å². The summed E-state index contributed by atoms with van der Waals surface area (Å²) in [4.78, 5) is 135. The molecule has 28 heteroatoms. The first-order valence-corrected chi connectivity index (χ1v) is 24.7. The van der Waals surface area contributed by atoms with Crippen LogP contribution in [0, 0.1) is 0 Å². The van der Waals surface area contributed by atoms with Gasteiger partial charge in [0.15, 0.2) is 5.78 Å². The molecule has 2 heterocycles. The first-order chi connectivity index (χ1) is 34.6. The van der Waals surface area contributed by atoms with E-state index in [1.807, 2.05) is 0 Å². The summed E-state index contributed by atoms with van der Waals surface area (Å²) in [6.07, 6.45) is 2.67. The smallest absolute Gasteiger partial charge is 0.320 e. The molecule has 0 aliphatic carbocycles. The lowest BCUT2D eigenvalue weighted by Gasteiger charge is -2.33. The van der Waals surface area contributed by atoms with E-state index in [9.17, 15) is 78.6 Å². The number of hydrogen-bond donors (Lipinski definition) is 10. The molecule has 416 valence electrons. The highest BCUT2D eigenvalue weighted by molar-refractivity contribution is 5.89. The van der Waals surface area contributed by atoms with Gasteiger partial charge in [0.25, 0.3) is 0 Å². The van der Waals surface area contributed by atoms with E-state index in [0.717, 1.165) is 0 Å². The van der Waals surface area contributed by atoms with Crippen molar-refractivity contribution in [3.8, 4) is 0 Å². The molecule has 0 aromatic carbocycles. The van der Waals surface area contributed by atoms with Gasteiger partial charge >= 0.3 is 41.8 Å². The summed E-state index contributed by atoms with van der Waals surface area (Å²) in [5, 5.41) is 71.9. The fourth-order valence-corrected chi connectivity index (χ4v) is 8.42. The van der Waals surface area contributed by atoms with Gasteiger partial charge < -0.3 is 52.1 Å². The number of ketones is 1. The molecule has 2 fully saturated rings. The maximum atomic E-state index is 13.8. The molecule has 0 aromatic rings. The molecular formula is C45H79N11O17. The van der Waals surface area contributed by atoms with Crippen LogP contribution in [0.5, 0.6) is 0 Å². The van der Waals surface area contributed by atoms with Gasteiger partial charge in [-0.2, -0.15) is 0 Å². The zero-order chi connectivity index (χ0) is 54.3. The zero-order valence-electron chi connectivity index (χ0n) is 41.9. The van der Waals surface area contributed by atoms with Crippen molar-refractivity contribution in [2.45, 2.75) is 63.5 Å². The van der Waals surface area contributed by atoms with E-state index in [0.29, 0.717) is 32.1 Å². The Morgan fingerprint density at radius 3 is 0.959 bits per heavy atom. The topological polar surface area (TPSA) is 388 Å². The largest absolute Gasteiger partial charge is 0.480 e. The van der Waals surface area contributed by atoms with Crippen LogP contribution < -0.4 is 16.4 Å². The molecule has 0 bridgehead atoms. The quantitative estimate of drug-likeness (QED) is 0.0304. The van der Waals surface area contributed by atoms with Crippen LogP contribution in [0.3, 0.4) is 0 Å². The number of carbonyl (C=O) groups is 10. The second-order valence-electron chi connectivity index (χ2n) is 18.5. The lowest BCUT2D eigenvalue weighted by Crippen LogP contribution is -2.51. The van der Waals surface area contributed by atoms with Crippen LogP contribution in [-0.4, -0.2) is 310 Å². The molecule has 2 amide bonds. The van der Waals surface area contributed by atoms with Crippen LogP contribution in [-0.2, 0) is 47.9 Å². The lowest BCUT2D eigenvalue weighted by atomic mass is 9.99. The first kappa shape index (κ1) is 63.7. The van der Waals surface area contributed by atoms with Crippen LogP contribution in [0.2, 0.25) is 0 Å². The molecule has 28 nitrogen and oxygen atoms in total. The van der Waals surface area contributed by atoms with Gasteiger partial charge in [0.05, 0.1) is 58.4 Å². The van der Waals surface area contributed by atoms with Crippen LogP contribution in [0.25, 0.3) is 0 Å². The molecule has 11 N–H and O–H groups in total. The van der Waals surface area contributed by atoms with Gasteiger partial charge in [-0.3, -0.25) is 87.1 Å². The standard InChI is InChI=1S/C45H79N11O17/c46-34(45(72)73)6-2-1-3-8-36(57)35(48-38(59)27-50-12-16-53(30-41(64)65)20-24-56(33-44(70)71)25-21-54(17-13-50)31-42(66)67)7-4-5-9-47-37(58)26-49-10-14-51(28-39(60)61)18-22-55(32-43(68)69)23-19-52(15-11-49)29-40(62)63/h34-35H,1-33,46H2,(H,47,58)(H,48,59)(H,60,61)(H,62,63)(H,64,65)(H,66,67)(H,68,69)(H,70,71)(H,72,73). The molecule has 2 atom stereocenters. The number of nitrogens with one attached hydrogen (secondary N) is 2. The number of amides is 2. The van der Waals surface area contributed by atoms with E-state index in [-0.39, 0.29) is 195 Å². The van der Waals surface area contributed by atoms with Crippen molar-refractivity contribution < 1.29 is 83.7 Å². The fraction of sp³-hybridized carbons (Fsp3) is 0.778. The number of carboxylic acids is 7. The minimum absolute atomic E-state index is 0.0745. The SMILES string of the molecule is NC(CCCCCC(=O)C(CCCCNC(=O)CN1CCN(CC(=O)O)CCN(CC(=O)O)CCN(CC(=O)O)CC1)NC(=O)CN1CCN(CC(=O)O)CCN(CC(=O)O)CCN(CC(=O)O)CC1)C(=O)O. The molecule has 73 heavy (non-hydrogen) atoms. The highest BCUT2D eigenvalue weighted by Gasteiger charge is 2.26. The number of nitrogens with two attached hydrogens (primary N) is 1. The van der Waals surface area contributed by atoms with Crippen LogP contribution >= 0.6 is 0 Å². The highest BCUT2D eigenvalue weighted by atomic mass is 16.4. The summed E-state index contributed by atoms with van der Waals surface area (Å²) in [6, 6.07) is -1.97. The summed E-state index contributed by atoms with van der Waals surface area (Å²) < 4.78 is 0. The van der Waals surface area contributed by atoms with Gasteiger partial charge in [-0.25, -0.2) is 0 Å². The summed E-state index contributed by atoms with van der Waals surface area (Å²) >= 11 is 0. The van der Waals surface area contributed by atoms with E-state index in [1.165, 1.54) is 0 Å². The Balaban J connectivity index is 2.15. The van der Waals surface area contributed by atoms with E-state index in [4.69, 9.17) is 10.8 Å². The maximum Gasteiger partial charge on any atom is 0.320 e. The fourth-order valence-electron chi connectivity index (χ4n) is 8.42. The molecule has 0 saturated carbocycles. The Bertz CT molecular complexity index is 1730. The van der Waals surface area contributed by atoms with Crippen molar-refractivity contribution in [3.05, 3.63) is 0 Å². The Hall–Kier alpha value is -5.46. The zero-order valence-corrected chi connectivity index (χ0v) is 41.9. The van der Waals surface area contributed by atoms with Gasteiger partial charge in [0, 0.05) is 118 Å². The van der Waals surface area contributed by atoms with E-state index in [2.05, 4.69) is 10.6 Å². The summed E-state index contributed by atoms with van der Waals surface area (Å²) in [6.45, 7) is 1.31. The molecule has 0 spiro atoms. The molecule has 2 rings (SSSR count). The number of rotatable bonds is 30. The number of hydrogen-bond acceptors (Lipinski definition) is 19. The number of unbranched alkanes of at least 4 members (excludes halogenated alkanes) is 3. The second-order valence-corrected chi connectivity index (χ2v) is 18.5. The monoisotopic (exact) mass is 1050 g/mol. The average molecular weight is 1050 g/mol. The third-order valence-corrected chi connectivity index (χ3v) is 12.5. The first-order valence-electron chi connectivity index (χ1n) is 24.7. The maximum absolute atomic E-state index is 13.8. The van der Waals surface area contributed by atoms with Crippen LogP contribution in [0.15, 0.2) is 0 Å². The Labute approximate surface area is 424 Å². The van der Waals surface area contributed by atoms with Crippen LogP contribution in [0.1, 0.15) is 51.4 Å². The Morgan fingerprint density at radius 1 is 0.370 bits per heavy atom. The Morgan fingerprint density at radius 2 is 0.658 bits per heavy atom. The third-order valence-electron chi connectivity index (χ3n) is 12.5. The average Bonchev–Trinajstić information content (AvgIpc) is 3.28. The van der Waals surface area contributed by atoms with Gasteiger partial charge in [0.2, 0.25) is 11.8 Å². The van der Waals surface area contributed by atoms with E-state index in [1.54, 1.807) is 39.2 Å². The molecule has 0 radical (unpaired) electrons. The van der Waals surface area contributed by atoms with Crippen molar-refractivity contribution in [1.82, 2.24) is 49.8 Å². The Kier molecular flexibility index (Phi) is 31.1. The summed E-state index contributed by atoms with van der Waals surface area (Å²) in [5.74, 6) is -8.78.